The molecule has 0 saturated carbocycles. The van der Waals surface area contributed by atoms with E-state index in [1.807, 2.05) is 6.07 Å². The van der Waals surface area contributed by atoms with E-state index in [0.29, 0.717) is 31.2 Å². The largest absolute Gasteiger partial charge is 0.454 e. The van der Waals surface area contributed by atoms with Gasteiger partial charge in [0.05, 0.1) is 6.54 Å². The molecule has 0 aliphatic rings. The van der Waals surface area contributed by atoms with Gasteiger partial charge in [0.1, 0.15) is 11.6 Å². The Morgan fingerprint density at radius 1 is 1.29 bits per heavy atom. The molecule has 1 amide bonds. The van der Waals surface area contributed by atoms with Gasteiger partial charge in [0.25, 0.3) is 5.91 Å². The van der Waals surface area contributed by atoms with Crippen LogP contribution < -0.4 is 16.4 Å². The molecule has 0 radical (unpaired) electrons. The average Bonchev–Trinajstić information content (AvgIpc) is 3.00. The third kappa shape index (κ3) is 6.19. The number of furan rings is 1. The maximum absolute atomic E-state index is 13.1. The van der Waals surface area contributed by atoms with Crippen LogP contribution in [0.25, 0.3) is 0 Å². The number of amides is 1. The number of hydrogen-bond acceptors (Lipinski definition) is 3. The van der Waals surface area contributed by atoms with Crippen molar-refractivity contribution in [1.29, 1.82) is 0 Å². The highest BCUT2D eigenvalue weighted by Crippen LogP contribution is 2.06. The molecule has 4 N–H and O–H groups in total. The molecule has 1 aromatic heterocycles. The first kappa shape index (κ1) is 19.9. The molecule has 0 spiro atoms. The molecule has 24 heavy (non-hydrogen) atoms. The van der Waals surface area contributed by atoms with Crippen LogP contribution in [0, 0.1) is 5.82 Å². The molecule has 0 atom stereocenters. The molecule has 0 unspecified atom stereocenters. The number of nitrogens with two attached hydrogens (primary N) is 1. The highest BCUT2D eigenvalue weighted by atomic mass is 127. The van der Waals surface area contributed by atoms with Crippen molar-refractivity contribution in [2.45, 2.75) is 13.0 Å². The van der Waals surface area contributed by atoms with E-state index in [4.69, 9.17) is 10.2 Å². The molecule has 6 nitrogen and oxygen atoms in total. The lowest BCUT2D eigenvalue weighted by Crippen LogP contribution is -2.37. The summed E-state index contributed by atoms with van der Waals surface area (Å²) in [6, 6.07) is 9.68. The number of carbonyl (C=O) groups is 1. The van der Waals surface area contributed by atoms with Crippen molar-refractivity contribution in [2.75, 3.05) is 13.6 Å². The number of nitrogens with zero attached hydrogens (tertiary/aromatic N) is 1. The number of aliphatic imine (C=N–C) groups is 1. The Kier molecular flexibility index (Phi) is 8.24. The molecular weight excluding hydrogens is 426 g/mol. The first-order chi connectivity index (χ1) is 11.1. The van der Waals surface area contributed by atoms with Crippen LogP contribution in [0.4, 0.5) is 4.39 Å². The lowest BCUT2D eigenvalue weighted by atomic mass is 10.1. The van der Waals surface area contributed by atoms with E-state index < -0.39 is 5.91 Å². The molecule has 0 fully saturated rings. The van der Waals surface area contributed by atoms with Gasteiger partial charge in [-0.05, 0) is 36.2 Å². The average molecular weight is 446 g/mol. The summed E-state index contributed by atoms with van der Waals surface area (Å²) in [5.41, 5.74) is 6.03. The lowest BCUT2D eigenvalue weighted by Gasteiger charge is -2.11. The molecule has 0 aliphatic carbocycles. The standard InChI is InChI=1S/C16H19FN4O2.HI/c1-19-16(20-8-7-11-3-2-4-12(17)9-11)21-10-13-5-6-14(23-13)15(18)22;/h2-6,9H,7-8,10H2,1H3,(H2,18,22)(H2,19,20,21);1H. The molecule has 8 heteroatoms. The first-order valence-electron chi connectivity index (χ1n) is 7.16. The highest BCUT2D eigenvalue weighted by molar-refractivity contribution is 14.0. The topological polar surface area (TPSA) is 92.6 Å². The van der Waals surface area contributed by atoms with Crippen LogP contribution in [-0.2, 0) is 13.0 Å². The van der Waals surface area contributed by atoms with Crippen molar-refractivity contribution in [2.24, 2.45) is 10.7 Å². The summed E-state index contributed by atoms with van der Waals surface area (Å²) in [6.45, 7) is 0.973. The minimum Gasteiger partial charge on any atom is -0.454 e. The Hall–Kier alpha value is -2.10. The molecule has 2 aromatic rings. The molecule has 130 valence electrons. The van der Waals surface area contributed by atoms with Crippen molar-refractivity contribution in [3.63, 3.8) is 0 Å². The van der Waals surface area contributed by atoms with Gasteiger partial charge in [0.15, 0.2) is 11.7 Å². The number of halogens is 2. The number of carbonyl (C=O) groups excluding carboxylic acids is 1. The van der Waals surface area contributed by atoms with Gasteiger partial charge in [0, 0.05) is 13.6 Å². The fourth-order valence-electron chi connectivity index (χ4n) is 2.01. The quantitative estimate of drug-likeness (QED) is 0.360. The zero-order chi connectivity index (χ0) is 16.7. The fourth-order valence-corrected chi connectivity index (χ4v) is 2.01. The maximum atomic E-state index is 13.1. The second-order valence-corrected chi connectivity index (χ2v) is 4.86. The van der Waals surface area contributed by atoms with Crippen molar-refractivity contribution < 1.29 is 13.6 Å². The second kappa shape index (κ2) is 9.91. The number of rotatable bonds is 6. The summed E-state index contributed by atoms with van der Waals surface area (Å²) >= 11 is 0. The fraction of sp³-hybridized carbons (Fsp3) is 0.250. The van der Waals surface area contributed by atoms with Crippen molar-refractivity contribution in [3.05, 3.63) is 59.3 Å². The second-order valence-electron chi connectivity index (χ2n) is 4.86. The van der Waals surface area contributed by atoms with Crippen LogP contribution in [0.3, 0.4) is 0 Å². The molecule has 1 heterocycles. The minimum absolute atomic E-state index is 0. The summed E-state index contributed by atoms with van der Waals surface area (Å²) in [5.74, 6) is 0.433. The van der Waals surface area contributed by atoms with E-state index in [1.165, 1.54) is 18.2 Å². The Balaban J connectivity index is 0.00000288. The number of hydrogen-bond donors (Lipinski definition) is 3. The summed E-state index contributed by atoms with van der Waals surface area (Å²) in [4.78, 5) is 15.0. The molecular formula is C16H20FIN4O2. The van der Waals surface area contributed by atoms with Crippen LogP contribution in [0.2, 0.25) is 0 Å². The summed E-state index contributed by atoms with van der Waals surface area (Å²) in [6.07, 6.45) is 0.672. The third-order valence-corrected chi connectivity index (χ3v) is 3.15. The summed E-state index contributed by atoms with van der Waals surface area (Å²) in [7, 11) is 1.65. The number of nitrogens with one attached hydrogen (secondary N) is 2. The lowest BCUT2D eigenvalue weighted by molar-refractivity contribution is 0.0972. The summed E-state index contributed by atoms with van der Waals surface area (Å²) in [5, 5.41) is 6.17. The third-order valence-electron chi connectivity index (χ3n) is 3.15. The van der Waals surface area contributed by atoms with Gasteiger partial charge in [-0.2, -0.15) is 0 Å². The van der Waals surface area contributed by atoms with Crippen LogP contribution in [0.5, 0.6) is 0 Å². The van der Waals surface area contributed by atoms with E-state index in [1.54, 1.807) is 19.2 Å². The first-order valence-corrected chi connectivity index (χ1v) is 7.16. The SMILES string of the molecule is CN=C(NCCc1cccc(F)c1)NCc1ccc(C(N)=O)o1.I. The van der Waals surface area contributed by atoms with Gasteiger partial charge in [-0.1, -0.05) is 12.1 Å². The Morgan fingerprint density at radius 3 is 2.71 bits per heavy atom. The van der Waals surface area contributed by atoms with Gasteiger partial charge in [-0.3, -0.25) is 9.79 Å². The van der Waals surface area contributed by atoms with Gasteiger partial charge in [0.2, 0.25) is 0 Å². The number of benzene rings is 1. The Morgan fingerprint density at radius 2 is 2.08 bits per heavy atom. The van der Waals surface area contributed by atoms with E-state index in [-0.39, 0.29) is 35.6 Å². The molecule has 0 aliphatic heterocycles. The van der Waals surface area contributed by atoms with Crippen LogP contribution >= 0.6 is 24.0 Å². The van der Waals surface area contributed by atoms with Gasteiger partial charge < -0.3 is 20.8 Å². The van der Waals surface area contributed by atoms with E-state index in [0.717, 1.165) is 5.56 Å². The Bertz CT molecular complexity index is 703. The van der Waals surface area contributed by atoms with Crippen molar-refractivity contribution >= 4 is 35.8 Å². The Labute approximate surface area is 156 Å². The zero-order valence-electron chi connectivity index (χ0n) is 13.2. The monoisotopic (exact) mass is 446 g/mol. The van der Waals surface area contributed by atoms with Crippen LogP contribution in [0.15, 0.2) is 45.8 Å². The smallest absolute Gasteiger partial charge is 0.284 e. The predicted molar refractivity (Wildman–Crippen MR) is 101 cm³/mol. The highest BCUT2D eigenvalue weighted by Gasteiger charge is 2.07. The number of guanidine groups is 1. The predicted octanol–water partition coefficient (Wildman–Crippen LogP) is 2.04. The van der Waals surface area contributed by atoms with Gasteiger partial charge >= 0.3 is 0 Å². The van der Waals surface area contributed by atoms with E-state index in [9.17, 15) is 9.18 Å². The van der Waals surface area contributed by atoms with Crippen molar-refractivity contribution in [1.82, 2.24) is 10.6 Å². The van der Waals surface area contributed by atoms with Gasteiger partial charge in [-0.15, -0.1) is 24.0 Å². The maximum Gasteiger partial charge on any atom is 0.284 e. The van der Waals surface area contributed by atoms with E-state index in [2.05, 4.69) is 15.6 Å². The minimum atomic E-state index is -0.603. The molecule has 0 bridgehead atoms. The zero-order valence-corrected chi connectivity index (χ0v) is 15.5. The van der Waals surface area contributed by atoms with E-state index >= 15 is 0 Å². The van der Waals surface area contributed by atoms with Crippen molar-refractivity contribution in [3.8, 4) is 0 Å². The van der Waals surface area contributed by atoms with Gasteiger partial charge in [-0.25, -0.2) is 4.39 Å². The van der Waals surface area contributed by atoms with Crippen LogP contribution in [0.1, 0.15) is 21.9 Å². The molecule has 1 aromatic carbocycles. The normalized spacial score (nSPS) is 10.8. The summed E-state index contributed by atoms with van der Waals surface area (Å²) < 4.78 is 18.4. The molecule has 0 saturated heterocycles. The molecule has 2 rings (SSSR count). The van der Waals surface area contributed by atoms with Crippen LogP contribution in [-0.4, -0.2) is 25.5 Å². The number of primary amides is 1.